The first-order chi connectivity index (χ1) is 10.1. The number of rotatable bonds is 3. The predicted molar refractivity (Wildman–Crippen MR) is 87.0 cm³/mol. The van der Waals surface area contributed by atoms with E-state index in [-0.39, 0.29) is 0 Å². The first kappa shape index (κ1) is 13.7. The fourth-order valence-corrected chi connectivity index (χ4v) is 2.31. The van der Waals surface area contributed by atoms with E-state index in [2.05, 4.69) is 9.97 Å². The lowest BCUT2D eigenvalue weighted by Crippen LogP contribution is -2.10. The third kappa shape index (κ3) is 2.94. The van der Waals surface area contributed by atoms with Crippen LogP contribution < -0.4 is 10.5 Å². The zero-order chi connectivity index (χ0) is 14.8. The molecule has 0 unspecified atom stereocenters. The molecule has 0 atom stereocenters. The molecule has 0 aliphatic carbocycles. The minimum atomic E-state index is 0.294. The van der Waals surface area contributed by atoms with Crippen molar-refractivity contribution in [1.29, 1.82) is 0 Å². The van der Waals surface area contributed by atoms with Gasteiger partial charge in [-0.1, -0.05) is 42.0 Å². The normalized spacial score (nSPS) is 10.5. The van der Waals surface area contributed by atoms with Gasteiger partial charge in [-0.05, 0) is 6.07 Å². The lowest BCUT2D eigenvalue weighted by atomic mass is 10.1. The van der Waals surface area contributed by atoms with Gasteiger partial charge in [-0.2, -0.15) is 0 Å². The Morgan fingerprint density at radius 3 is 2.76 bits per heavy atom. The van der Waals surface area contributed by atoms with Gasteiger partial charge in [-0.15, -0.1) is 0 Å². The van der Waals surface area contributed by atoms with Crippen LogP contribution >= 0.6 is 23.8 Å². The van der Waals surface area contributed by atoms with E-state index in [0.717, 1.165) is 16.5 Å². The second kappa shape index (κ2) is 5.63. The molecule has 3 aromatic rings. The summed E-state index contributed by atoms with van der Waals surface area (Å²) in [6, 6.07) is 11.0. The molecule has 6 heteroatoms. The highest BCUT2D eigenvalue weighted by molar-refractivity contribution is 7.80. The Morgan fingerprint density at radius 1 is 1.19 bits per heavy atom. The van der Waals surface area contributed by atoms with E-state index in [1.807, 2.05) is 24.3 Å². The number of fused-ring (bicyclic) bond motifs is 1. The number of aromatic nitrogens is 2. The van der Waals surface area contributed by atoms with Crippen molar-refractivity contribution < 1.29 is 4.74 Å². The van der Waals surface area contributed by atoms with Gasteiger partial charge in [0, 0.05) is 29.3 Å². The fourth-order valence-electron chi connectivity index (χ4n) is 1.98. The highest BCUT2D eigenvalue weighted by atomic mass is 35.5. The molecule has 21 heavy (non-hydrogen) atoms. The number of ether oxygens (including phenoxy) is 1. The second-order valence-corrected chi connectivity index (χ2v) is 5.21. The number of hydrogen-bond donors (Lipinski definition) is 1. The van der Waals surface area contributed by atoms with Gasteiger partial charge in [0.25, 0.3) is 0 Å². The van der Waals surface area contributed by atoms with Crippen molar-refractivity contribution in [1.82, 2.24) is 9.97 Å². The van der Waals surface area contributed by atoms with Crippen molar-refractivity contribution in [2.45, 2.75) is 0 Å². The van der Waals surface area contributed by atoms with Crippen LogP contribution in [0.5, 0.6) is 11.6 Å². The van der Waals surface area contributed by atoms with Gasteiger partial charge >= 0.3 is 0 Å². The number of benzene rings is 1. The number of thiocarbonyl (C=S) groups is 1. The van der Waals surface area contributed by atoms with Crippen molar-refractivity contribution in [2.75, 3.05) is 0 Å². The molecule has 2 heterocycles. The van der Waals surface area contributed by atoms with Gasteiger partial charge in [0.15, 0.2) is 0 Å². The van der Waals surface area contributed by atoms with Crippen LogP contribution in [0.25, 0.3) is 10.9 Å². The number of nitrogens with two attached hydrogens (primary N) is 1. The van der Waals surface area contributed by atoms with Crippen molar-refractivity contribution in [3.05, 3.63) is 59.4 Å². The van der Waals surface area contributed by atoms with Crippen LogP contribution in [0.15, 0.2) is 48.8 Å². The van der Waals surface area contributed by atoms with Crippen LogP contribution in [-0.2, 0) is 0 Å². The SMILES string of the molecule is NC(=S)c1cc(Oc2cncc(Cl)c2)nc2ccccc12. The maximum absolute atomic E-state index is 5.88. The second-order valence-electron chi connectivity index (χ2n) is 4.33. The van der Waals surface area contributed by atoms with Gasteiger partial charge in [-0.25, -0.2) is 4.98 Å². The van der Waals surface area contributed by atoms with E-state index >= 15 is 0 Å². The molecule has 0 fully saturated rings. The molecule has 0 aliphatic heterocycles. The van der Waals surface area contributed by atoms with Gasteiger partial charge in [0.2, 0.25) is 5.88 Å². The Bertz CT molecular complexity index is 838. The molecule has 0 spiro atoms. The minimum Gasteiger partial charge on any atom is -0.437 e. The average Bonchev–Trinajstić information content (AvgIpc) is 2.46. The summed E-state index contributed by atoms with van der Waals surface area (Å²) in [7, 11) is 0. The number of nitrogens with zero attached hydrogens (tertiary/aromatic N) is 2. The highest BCUT2D eigenvalue weighted by Crippen LogP contribution is 2.26. The third-order valence-corrected chi connectivity index (χ3v) is 3.29. The predicted octanol–water partition coefficient (Wildman–Crippen LogP) is 3.71. The molecule has 4 nitrogen and oxygen atoms in total. The third-order valence-electron chi connectivity index (χ3n) is 2.86. The highest BCUT2D eigenvalue weighted by Gasteiger charge is 2.09. The van der Waals surface area contributed by atoms with Gasteiger partial charge < -0.3 is 10.5 Å². The Labute approximate surface area is 131 Å². The number of para-hydroxylation sites is 1. The molecule has 0 bridgehead atoms. The largest absolute Gasteiger partial charge is 0.437 e. The summed E-state index contributed by atoms with van der Waals surface area (Å²) < 4.78 is 5.68. The molecule has 0 saturated carbocycles. The standard InChI is InChI=1S/C15H10ClN3OS/c16-9-5-10(8-18-7-9)20-14-6-12(15(17)21)11-3-1-2-4-13(11)19-14/h1-8H,(H2,17,21). The molecule has 2 N–H and O–H groups in total. The maximum Gasteiger partial charge on any atom is 0.220 e. The topological polar surface area (TPSA) is 61.0 Å². The lowest BCUT2D eigenvalue weighted by molar-refractivity contribution is 0.463. The van der Waals surface area contributed by atoms with Crippen LogP contribution in [0.4, 0.5) is 0 Å². The first-order valence-corrected chi connectivity index (χ1v) is 6.90. The molecule has 104 valence electrons. The van der Waals surface area contributed by atoms with Crippen LogP contribution in [0.1, 0.15) is 5.56 Å². The molecule has 0 radical (unpaired) electrons. The molecular formula is C15H10ClN3OS. The Morgan fingerprint density at radius 2 is 2.00 bits per heavy atom. The zero-order valence-corrected chi connectivity index (χ0v) is 12.4. The number of halogens is 1. The Kier molecular flexibility index (Phi) is 3.68. The van der Waals surface area contributed by atoms with Gasteiger partial charge in [-0.3, -0.25) is 4.98 Å². The molecule has 0 aliphatic rings. The summed E-state index contributed by atoms with van der Waals surface area (Å²) in [6.45, 7) is 0. The lowest BCUT2D eigenvalue weighted by Gasteiger charge is -2.09. The first-order valence-electron chi connectivity index (χ1n) is 6.11. The number of pyridine rings is 2. The quantitative estimate of drug-likeness (QED) is 0.747. The summed E-state index contributed by atoms with van der Waals surface area (Å²) in [5.41, 5.74) is 7.26. The van der Waals surface area contributed by atoms with Crippen molar-refractivity contribution in [3.63, 3.8) is 0 Å². The van der Waals surface area contributed by atoms with Crippen LogP contribution in [-0.4, -0.2) is 15.0 Å². The van der Waals surface area contributed by atoms with Crippen molar-refractivity contribution in [3.8, 4) is 11.6 Å². The van der Waals surface area contributed by atoms with Crippen molar-refractivity contribution >= 4 is 39.7 Å². The summed E-state index contributed by atoms with van der Waals surface area (Å²) in [6.07, 6.45) is 3.09. The van der Waals surface area contributed by atoms with E-state index in [9.17, 15) is 0 Å². The monoisotopic (exact) mass is 315 g/mol. The van der Waals surface area contributed by atoms with E-state index in [0.29, 0.717) is 21.6 Å². The molecule has 0 amide bonds. The molecule has 3 rings (SSSR count). The Balaban J connectivity index is 2.09. The molecule has 2 aromatic heterocycles. The molecule has 0 saturated heterocycles. The van der Waals surface area contributed by atoms with Gasteiger partial charge in [0.1, 0.15) is 10.7 Å². The smallest absolute Gasteiger partial charge is 0.220 e. The van der Waals surface area contributed by atoms with Gasteiger partial charge in [0.05, 0.1) is 16.7 Å². The maximum atomic E-state index is 5.88. The van der Waals surface area contributed by atoms with E-state index in [4.69, 9.17) is 34.3 Å². The van der Waals surface area contributed by atoms with Crippen molar-refractivity contribution in [2.24, 2.45) is 5.73 Å². The summed E-state index contributed by atoms with van der Waals surface area (Å²) in [5, 5.41) is 1.38. The minimum absolute atomic E-state index is 0.294. The van der Waals surface area contributed by atoms with Crippen LogP contribution in [0.3, 0.4) is 0 Å². The number of hydrogen-bond acceptors (Lipinski definition) is 4. The van der Waals surface area contributed by atoms with E-state index < -0.39 is 0 Å². The zero-order valence-electron chi connectivity index (χ0n) is 10.8. The summed E-state index contributed by atoms with van der Waals surface area (Å²) in [5.74, 6) is 0.889. The average molecular weight is 316 g/mol. The summed E-state index contributed by atoms with van der Waals surface area (Å²) in [4.78, 5) is 8.69. The Hall–Kier alpha value is -2.24. The summed E-state index contributed by atoms with van der Waals surface area (Å²) >= 11 is 11.0. The van der Waals surface area contributed by atoms with Crippen LogP contribution in [0.2, 0.25) is 5.02 Å². The van der Waals surface area contributed by atoms with E-state index in [1.54, 1.807) is 18.3 Å². The molecule has 1 aromatic carbocycles. The molecular weight excluding hydrogens is 306 g/mol. The van der Waals surface area contributed by atoms with Crippen LogP contribution in [0, 0.1) is 0 Å². The van der Waals surface area contributed by atoms with E-state index in [1.165, 1.54) is 6.20 Å². The fraction of sp³-hybridized carbons (Fsp3) is 0.